The van der Waals surface area contributed by atoms with Crippen LogP contribution in [0.2, 0.25) is 0 Å². The molecule has 1 atom stereocenters. The van der Waals surface area contributed by atoms with Crippen molar-refractivity contribution in [2.75, 3.05) is 24.5 Å². The zero-order valence-corrected chi connectivity index (χ0v) is 15.3. The number of likely N-dealkylation sites (tertiary alicyclic amines) is 1. The van der Waals surface area contributed by atoms with Crippen molar-refractivity contribution in [3.63, 3.8) is 0 Å². The van der Waals surface area contributed by atoms with Gasteiger partial charge in [0.15, 0.2) is 11.6 Å². The van der Waals surface area contributed by atoms with Crippen LogP contribution in [-0.2, 0) is 0 Å². The summed E-state index contributed by atoms with van der Waals surface area (Å²) >= 11 is 0. The third kappa shape index (κ3) is 2.74. The van der Waals surface area contributed by atoms with Crippen molar-refractivity contribution < 1.29 is 4.79 Å². The van der Waals surface area contributed by atoms with Crippen LogP contribution in [0.5, 0.6) is 0 Å². The molecular weight excluding hydrogens is 340 g/mol. The monoisotopic (exact) mass is 362 g/mol. The number of fused-ring (bicyclic) bond motifs is 1. The van der Waals surface area contributed by atoms with Gasteiger partial charge in [0, 0.05) is 44.0 Å². The van der Waals surface area contributed by atoms with E-state index in [0.29, 0.717) is 25.0 Å². The summed E-state index contributed by atoms with van der Waals surface area (Å²) in [5, 5.41) is 0. The van der Waals surface area contributed by atoms with Crippen LogP contribution in [0.25, 0.3) is 11.0 Å². The Labute approximate surface area is 157 Å². The number of carbonyl (C=O) groups is 1. The molecule has 1 amide bonds. The minimum atomic E-state index is -0.0533. The molecule has 2 aliphatic rings. The van der Waals surface area contributed by atoms with Crippen molar-refractivity contribution in [3.8, 4) is 0 Å². The van der Waals surface area contributed by atoms with Crippen LogP contribution in [0.1, 0.15) is 42.0 Å². The Morgan fingerprint density at radius 3 is 2.78 bits per heavy atom. The van der Waals surface area contributed by atoms with Crippen molar-refractivity contribution >= 4 is 22.8 Å². The third-order valence-electron chi connectivity index (χ3n) is 5.68. The molecule has 27 heavy (non-hydrogen) atoms. The summed E-state index contributed by atoms with van der Waals surface area (Å²) in [6, 6.07) is 8.19. The predicted molar refractivity (Wildman–Crippen MR) is 103 cm³/mol. The van der Waals surface area contributed by atoms with E-state index >= 15 is 0 Å². The van der Waals surface area contributed by atoms with E-state index in [1.54, 1.807) is 12.4 Å². The SMILES string of the molecule is C[C@@H]1CCCN1c1nccnc1C1CN(C(=O)c2nc3ccccc3[nH]2)C1. The summed E-state index contributed by atoms with van der Waals surface area (Å²) in [5.74, 6) is 1.57. The van der Waals surface area contributed by atoms with Crippen molar-refractivity contribution in [1.82, 2.24) is 24.8 Å². The molecule has 2 aliphatic heterocycles. The molecule has 138 valence electrons. The van der Waals surface area contributed by atoms with Crippen molar-refractivity contribution in [3.05, 3.63) is 48.2 Å². The van der Waals surface area contributed by atoms with Crippen molar-refractivity contribution in [1.29, 1.82) is 0 Å². The second-order valence-corrected chi connectivity index (χ2v) is 7.46. The average molecular weight is 362 g/mol. The van der Waals surface area contributed by atoms with Gasteiger partial charge < -0.3 is 14.8 Å². The largest absolute Gasteiger partial charge is 0.352 e. The topological polar surface area (TPSA) is 78.0 Å². The highest BCUT2D eigenvalue weighted by Crippen LogP contribution is 2.34. The first-order valence-electron chi connectivity index (χ1n) is 9.52. The van der Waals surface area contributed by atoms with Crippen molar-refractivity contribution in [2.45, 2.75) is 31.7 Å². The Kier molecular flexibility index (Phi) is 3.81. The maximum atomic E-state index is 12.8. The number of H-pyrrole nitrogens is 1. The quantitative estimate of drug-likeness (QED) is 0.775. The normalized spacial score (nSPS) is 20.3. The molecule has 1 aromatic carbocycles. The molecule has 7 heteroatoms. The molecule has 1 N–H and O–H groups in total. The van der Waals surface area contributed by atoms with E-state index in [-0.39, 0.29) is 11.8 Å². The lowest BCUT2D eigenvalue weighted by atomic mass is 9.95. The Bertz CT molecular complexity index is 960. The molecule has 0 unspecified atom stereocenters. The van der Waals surface area contributed by atoms with Gasteiger partial charge in [-0.1, -0.05) is 12.1 Å². The van der Waals surface area contributed by atoms with E-state index in [2.05, 4.69) is 31.8 Å². The van der Waals surface area contributed by atoms with Crippen LogP contribution >= 0.6 is 0 Å². The molecule has 0 aliphatic carbocycles. The zero-order valence-electron chi connectivity index (χ0n) is 15.3. The molecule has 7 nitrogen and oxygen atoms in total. The highest BCUT2D eigenvalue weighted by molar-refractivity contribution is 5.94. The fourth-order valence-electron chi connectivity index (χ4n) is 4.12. The predicted octanol–water partition coefficient (Wildman–Crippen LogP) is 2.58. The lowest BCUT2D eigenvalue weighted by Crippen LogP contribution is -2.49. The van der Waals surface area contributed by atoms with E-state index in [4.69, 9.17) is 0 Å². The molecule has 2 fully saturated rings. The van der Waals surface area contributed by atoms with Gasteiger partial charge in [0.25, 0.3) is 5.91 Å². The average Bonchev–Trinajstić information content (AvgIpc) is 3.27. The van der Waals surface area contributed by atoms with Gasteiger partial charge in [0.2, 0.25) is 0 Å². The molecule has 4 heterocycles. The second kappa shape index (κ2) is 6.33. The fourth-order valence-corrected chi connectivity index (χ4v) is 4.12. The number of amides is 1. The lowest BCUT2D eigenvalue weighted by molar-refractivity contribution is 0.0587. The maximum absolute atomic E-state index is 12.8. The number of anilines is 1. The van der Waals surface area contributed by atoms with Crippen LogP contribution in [0.4, 0.5) is 5.82 Å². The Morgan fingerprint density at radius 2 is 2.00 bits per heavy atom. The first kappa shape index (κ1) is 16.2. The fraction of sp³-hybridized carbons (Fsp3) is 0.400. The number of carbonyl (C=O) groups excluding carboxylic acids is 1. The molecule has 0 spiro atoms. The molecule has 3 aromatic rings. The smallest absolute Gasteiger partial charge is 0.289 e. The second-order valence-electron chi connectivity index (χ2n) is 7.46. The van der Waals surface area contributed by atoms with E-state index in [1.165, 1.54) is 12.8 Å². The minimum absolute atomic E-state index is 0.0533. The number of hydrogen-bond donors (Lipinski definition) is 1. The number of nitrogens with one attached hydrogen (secondary N) is 1. The van der Waals surface area contributed by atoms with Gasteiger partial charge >= 0.3 is 0 Å². The highest BCUT2D eigenvalue weighted by Gasteiger charge is 2.37. The molecular formula is C20H22N6O. The number of aromatic nitrogens is 4. The summed E-state index contributed by atoms with van der Waals surface area (Å²) in [6.45, 7) is 4.58. The number of imidazole rings is 1. The molecule has 5 rings (SSSR count). The summed E-state index contributed by atoms with van der Waals surface area (Å²) in [4.78, 5) is 33.7. The third-order valence-corrected chi connectivity index (χ3v) is 5.68. The van der Waals surface area contributed by atoms with E-state index in [9.17, 15) is 4.79 Å². The molecule has 0 bridgehead atoms. The Balaban J connectivity index is 1.33. The summed E-state index contributed by atoms with van der Waals surface area (Å²) in [6.07, 6.45) is 5.90. The summed E-state index contributed by atoms with van der Waals surface area (Å²) in [5.41, 5.74) is 2.72. The lowest BCUT2D eigenvalue weighted by Gasteiger charge is -2.39. The number of rotatable bonds is 3. The van der Waals surface area contributed by atoms with E-state index < -0.39 is 0 Å². The number of aromatic amines is 1. The van der Waals surface area contributed by atoms with Crippen LogP contribution in [0.15, 0.2) is 36.7 Å². The van der Waals surface area contributed by atoms with Gasteiger partial charge in [-0.05, 0) is 31.9 Å². The number of para-hydroxylation sites is 2. The van der Waals surface area contributed by atoms with Gasteiger partial charge in [-0.3, -0.25) is 9.78 Å². The Hall–Kier alpha value is -2.96. The first-order chi connectivity index (χ1) is 13.2. The molecule has 0 radical (unpaired) electrons. The van der Waals surface area contributed by atoms with Gasteiger partial charge in [-0.25, -0.2) is 9.97 Å². The number of hydrogen-bond acceptors (Lipinski definition) is 5. The standard InChI is InChI=1S/C20H22N6O/c1-13-5-4-10-26(13)19-17(21-8-9-22-19)14-11-25(12-14)20(27)18-23-15-6-2-3-7-16(15)24-18/h2-3,6-9,13-14H,4-5,10-12H2,1H3,(H,23,24)/t13-/m1/s1. The van der Waals surface area contributed by atoms with Gasteiger partial charge in [-0.2, -0.15) is 0 Å². The first-order valence-corrected chi connectivity index (χ1v) is 9.52. The number of benzene rings is 1. The van der Waals surface area contributed by atoms with E-state index in [1.807, 2.05) is 29.2 Å². The zero-order chi connectivity index (χ0) is 18.4. The van der Waals surface area contributed by atoms with E-state index in [0.717, 1.165) is 29.1 Å². The number of nitrogens with zero attached hydrogens (tertiary/aromatic N) is 5. The van der Waals surface area contributed by atoms with Crippen LogP contribution < -0.4 is 4.90 Å². The molecule has 0 saturated carbocycles. The summed E-state index contributed by atoms with van der Waals surface area (Å²) < 4.78 is 0. The highest BCUT2D eigenvalue weighted by atomic mass is 16.2. The summed E-state index contributed by atoms with van der Waals surface area (Å²) in [7, 11) is 0. The molecule has 2 saturated heterocycles. The van der Waals surface area contributed by atoms with Crippen LogP contribution in [0, 0.1) is 0 Å². The Morgan fingerprint density at radius 1 is 1.19 bits per heavy atom. The van der Waals surface area contributed by atoms with Crippen LogP contribution in [-0.4, -0.2) is 56.4 Å². The van der Waals surface area contributed by atoms with Crippen molar-refractivity contribution in [2.24, 2.45) is 0 Å². The maximum Gasteiger partial charge on any atom is 0.289 e. The van der Waals surface area contributed by atoms with Gasteiger partial charge in [0.05, 0.1) is 16.7 Å². The minimum Gasteiger partial charge on any atom is -0.352 e. The molecule has 2 aromatic heterocycles. The van der Waals surface area contributed by atoms with Crippen LogP contribution in [0.3, 0.4) is 0 Å². The van der Waals surface area contributed by atoms with Gasteiger partial charge in [-0.15, -0.1) is 0 Å². The van der Waals surface area contributed by atoms with Gasteiger partial charge in [0.1, 0.15) is 0 Å².